The van der Waals surface area contributed by atoms with Crippen molar-refractivity contribution in [2.75, 3.05) is 19.0 Å². The zero-order chi connectivity index (χ0) is 72.4. The molecule has 3 atom stereocenters. The van der Waals surface area contributed by atoms with Gasteiger partial charge in [0.15, 0.2) is 11.4 Å². The third-order valence-electron chi connectivity index (χ3n) is 13.5. The average Bonchev–Trinajstić information content (AvgIpc) is 1.66. The molecule has 0 fully saturated rings. The number of nitrogens with one attached hydrogen (secondary N) is 3. The van der Waals surface area contributed by atoms with Crippen molar-refractivity contribution in [1.82, 2.24) is 40.4 Å². The van der Waals surface area contributed by atoms with Crippen molar-refractivity contribution in [1.29, 1.82) is 0 Å². The number of carbonyl (C=O) groups is 8. The smallest absolute Gasteiger partial charge is 1.00 e. The number of aromatic nitrogens is 4. The van der Waals surface area contributed by atoms with E-state index in [1.54, 1.807) is 78.9 Å². The molecule has 0 spiro atoms. The Morgan fingerprint density at radius 1 is 0.630 bits per heavy atom. The predicted molar refractivity (Wildman–Crippen MR) is 378 cm³/mol. The number of amides is 5. The minimum absolute atomic E-state index is 0. The van der Waals surface area contributed by atoms with Gasteiger partial charge >= 0.3 is 109 Å². The van der Waals surface area contributed by atoms with Crippen LogP contribution in [0.1, 0.15) is 142 Å². The summed E-state index contributed by atoms with van der Waals surface area (Å²) in [7, 11) is 0. The van der Waals surface area contributed by atoms with Crippen molar-refractivity contribution >= 4 is 116 Å². The third kappa shape index (κ3) is 37.0. The van der Waals surface area contributed by atoms with E-state index in [1.165, 1.54) is 38.5 Å². The molecule has 7 rings (SSSR count). The van der Waals surface area contributed by atoms with Crippen molar-refractivity contribution in [3.63, 3.8) is 0 Å². The molecule has 22 nitrogen and oxygen atoms in total. The van der Waals surface area contributed by atoms with Crippen LogP contribution in [-0.4, -0.2) is 114 Å². The summed E-state index contributed by atoms with van der Waals surface area (Å²) in [4.78, 5) is 94.9. The van der Waals surface area contributed by atoms with Crippen molar-refractivity contribution < 1.29 is 171 Å². The molecule has 0 aliphatic heterocycles. The maximum Gasteiger partial charge on any atom is 1.00 e. The van der Waals surface area contributed by atoms with Gasteiger partial charge in [0.2, 0.25) is 17.7 Å². The number of hydrogen-bond donors (Lipinski definition) is 7. The van der Waals surface area contributed by atoms with Gasteiger partial charge in [0.25, 0.3) is 18.3 Å². The van der Waals surface area contributed by atoms with Crippen LogP contribution in [0.4, 0.5) is 13.2 Å². The van der Waals surface area contributed by atoms with Gasteiger partial charge in [-0.15, -0.1) is 11.6 Å². The van der Waals surface area contributed by atoms with Crippen LogP contribution in [0.2, 0.25) is 15.1 Å². The minimum atomic E-state index is -1.02. The molecule has 0 aliphatic carbocycles. The summed E-state index contributed by atoms with van der Waals surface area (Å²) in [5.74, 6) is -3.32. The monoisotopic (exact) mass is 1530 g/mol. The Balaban J connectivity index is -0.000000613. The van der Waals surface area contributed by atoms with Crippen LogP contribution in [0.3, 0.4) is 0 Å². The molecule has 5 amide bonds. The number of carboxylic acid groups (broad SMARTS) is 1. The van der Waals surface area contributed by atoms with E-state index >= 15 is 0 Å². The summed E-state index contributed by atoms with van der Waals surface area (Å²) < 4.78 is 43.7. The molecule has 0 radical (unpaired) electrons. The summed E-state index contributed by atoms with van der Waals surface area (Å²) in [6, 6.07) is 28.3. The third-order valence-corrected chi connectivity index (χ3v) is 14.7. The van der Waals surface area contributed by atoms with E-state index in [9.17, 15) is 46.7 Å². The number of benzene rings is 5. The fourth-order valence-electron chi connectivity index (χ4n) is 9.42. The number of aryl methyl sites for hydroxylation is 1. The Bertz CT molecular complexity index is 3690. The minimum Gasteiger partial charge on any atom is -1.00 e. The van der Waals surface area contributed by atoms with Crippen LogP contribution in [0.25, 0.3) is 21.8 Å². The van der Waals surface area contributed by atoms with Crippen molar-refractivity contribution in [2.24, 2.45) is 35.0 Å². The molecular formula is C69H94Cl4F3K2N11O11. The van der Waals surface area contributed by atoms with E-state index in [1.807, 2.05) is 34.6 Å². The van der Waals surface area contributed by atoms with Crippen LogP contribution in [0.5, 0.6) is 0 Å². The van der Waals surface area contributed by atoms with E-state index in [0.717, 1.165) is 18.8 Å². The molecule has 5 aromatic carbocycles. The summed E-state index contributed by atoms with van der Waals surface area (Å²) in [6.07, 6.45) is 3.42. The molecule has 0 bridgehead atoms. The first-order valence-electron chi connectivity index (χ1n) is 30.4. The molecule has 10 N–H and O–H groups in total. The Morgan fingerprint density at radius 3 is 1.41 bits per heavy atom. The number of fused-ring (bicyclic) bond motifs is 2. The Labute approximate surface area is 690 Å². The summed E-state index contributed by atoms with van der Waals surface area (Å²) in [5.41, 5.74) is 18.6. The van der Waals surface area contributed by atoms with Gasteiger partial charge in [0, 0.05) is 59.5 Å². The number of rotatable bonds is 27. The van der Waals surface area contributed by atoms with Gasteiger partial charge in [-0.3, -0.25) is 47.7 Å². The zero-order valence-corrected chi connectivity index (χ0v) is 66.3. The second kappa shape index (κ2) is 53.0. The van der Waals surface area contributed by atoms with Gasteiger partial charge < -0.3 is 54.7 Å². The number of para-hydroxylation sites is 2. The average molecular weight is 1530 g/mol. The van der Waals surface area contributed by atoms with E-state index < -0.39 is 41.1 Å². The normalized spacial score (nSPS) is 11.1. The molecule has 0 saturated carbocycles. The number of Topliss-reactive ketones (excluding diaryl/α,β-unsaturated/α-hetero) is 1. The van der Waals surface area contributed by atoms with Gasteiger partial charge in [-0.25, -0.2) is 13.2 Å². The summed E-state index contributed by atoms with van der Waals surface area (Å²) >= 11 is 22.4. The largest absolute Gasteiger partial charge is 1.00 e. The molecule has 7 aromatic rings. The van der Waals surface area contributed by atoms with Crippen molar-refractivity contribution in [3.05, 3.63) is 164 Å². The number of alkyl halides is 1. The molecule has 0 aliphatic rings. The first-order valence-corrected chi connectivity index (χ1v) is 32.1. The van der Waals surface area contributed by atoms with E-state index in [0.29, 0.717) is 57.7 Å². The molecule has 0 saturated heterocycles. The molecule has 100 heavy (non-hydrogen) atoms. The second-order valence-corrected chi connectivity index (χ2v) is 24.7. The Kier molecular flexibility index (Phi) is 52.6. The molecular weight excluding hydrogens is 1440 g/mol. The predicted octanol–water partition coefficient (Wildman–Crippen LogP) is 5.27. The fourth-order valence-corrected chi connectivity index (χ4v) is 10.1. The number of carbonyl (C=O) groups excluding carboxylic acids is 7. The number of nitrogens with zero attached hydrogens (tertiary/aromatic N) is 5. The topological polar surface area (TPSA) is 342 Å². The second-order valence-electron chi connectivity index (χ2n) is 23.2. The number of carboxylic acids is 1. The standard InChI is InChI=1S/C25H29ClFN5O3.C15H22ClFN2O.C10H9Cl2FO.C10H9N3O3.C6H15N.CH2O3.2CH4.2K.H/c1-15(2)11-16(3)31(13-21(33)29-12-17-7-6-9-19(26)23(17)27)22(34)14-32-20-10-5-4-8-18(20)24(30-32)25(28)35;1-10(2)7-11(3)18-9-14(20)19-8-12-5-4-6-13(16)15(12)17;11-6-8(14)5-4-7-2-1-3-9(12)10(7)13;11-10(16)9-6-3-1-2-4-7(6)13(12-9)5-8(14)15;1-5(2)4-6(3)7;2-1-4-3;;;;;/h4-10,15-16H,11-14H2,1-3H3,(H2,28,35)(H,29,33);4-6,10-11,18H,7-9H2,1-3H3,(H,19,20);1-3H,4-6H2;1-4H,5H2,(H2,11,16)(H,14,15);5-6H,4,7H2,1-3H3;1,3H;2*1H4;;;/q;;;;;;;;2*+1;-1/p-1. The maximum absolute atomic E-state index is 14.2. The Hall–Kier alpha value is -4.90. The first-order chi connectivity index (χ1) is 45.3. The molecule has 2 heterocycles. The van der Waals surface area contributed by atoms with Gasteiger partial charge in [-0.1, -0.05) is 164 Å². The quantitative estimate of drug-likeness (QED) is 0.0113. The SMILES string of the molecule is C.C.CC(C)CC(C)N.CC(C)CC(C)N(CC(=O)NCc1cccc(Cl)c1F)C(=O)Cn1nc(C(N)=O)c2ccccc21.CC(C)CC(C)NCC(=O)NCc1cccc(Cl)c1F.NC(=O)c1nn(CC(=O)O)c2ccccc12.O=C(CCl)CCc1cccc(Cl)c1F.O=CO[O-].[H-].[K+].[K+]. The summed E-state index contributed by atoms with van der Waals surface area (Å²) in [5, 5.41) is 35.0. The van der Waals surface area contributed by atoms with Gasteiger partial charge in [0.1, 0.15) is 36.3 Å². The molecule has 31 heteroatoms. The van der Waals surface area contributed by atoms with E-state index in [2.05, 4.69) is 58.7 Å². The Morgan fingerprint density at radius 2 is 1.03 bits per heavy atom. The first kappa shape index (κ1) is 99.3. The number of nitrogens with two attached hydrogens (primary N) is 3. The zero-order valence-electron chi connectivity index (χ0n) is 58.0. The van der Waals surface area contributed by atoms with Crippen LogP contribution in [0.15, 0.2) is 103 Å². The number of aliphatic carboxylic acids is 1. The van der Waals surface area contributed by atoms with Crippen LogP contribution in [0, 0.1) is 35.2 Å². The number of hydrogen-bond acceptors (Lipinski definition) is 14. The maximum atomic E-state index is 14.2. The number of halogens is 7. The molecule has 2 aromatic heterocycles. The molecule has 542 valence electrons. The summed E-state index contributed by atoms with van der Waals surface area (Å²) in [6.45, 7) is 18.1. The van der Waals surface area contributed by atoms with Gasteiger partial charge in [0.05, 0.1) is 45.1 Å². The van der Waals surface area contributed by atoms with Gasteiger partial charge in [-0.05, 0) is 100 Å². The van der Waals surface area contributed by atoms with Gasteiger partial charge in [-0.2, -0.15) is 10.2 Å². The number of primary amides is 2. The van der Waals surface area contributed by atoms with E-state index in [4.69, 9.17) is 78.8 Å². The van der Waals surface area contributed by atoms with Crippen LogP contribution >= 0.6 is 46.4 Å². The van der Waals surface area contributed by atoms with Crippen molar-refractivity contribution in [3.8, 4) is 0 Å². The fraction of sp³-hybridized carbons (Fsp3) is 0.420. The van der Waals surface area contributed by atoms with Crippen molar-refractivity contribution in [2.45, 2.75) is 154 Å². The van der Waals surface area contributed by atoms with Crippen LogP contribution in [-0.2, 0) is 66.3 Å². The molecule has 3 unspecified atom stereocenters. The number of ketones is 1. The van der Waals surface area contributed by atoms with Crippen LogP contribution < -0.4 is 141 Å². The van der Waals surface area contributed by atoms with E-state index in [-0.39, 0.29) is 245 Å².